The van der Waals surface area contributed by atoms with Crippen molar-refractivity contribution >= 4 is 5.65 Å². The van der Waals surface area contributed by atoms with Gasteiger partial charge >= 0.3 is 0 Å². The molecule has 1 aliphatic rings. The number of aryl methyl sites for hydroxylation is 1. The molecule has 0 bridgehead atoms. The predicted octanol–water partition coefficient (Wildman–Crippen LogP) is 3.87. The number of nitrogens with zero attached hydrogens (tertiary/aromatic N) is 6. The predicted molar refractivity (Wildman–Crippen MR) is 112 cm³/mol. The Kier molecular flexibility index (Phi) is 4.77. The van der Waals surface area contributed by atoms with Crippen LogP contribution in [0.1, 0.15) is 35.8 Å². The van der Waals surface area contributed by atoms with Gasteiger partial charge in [-0.25, -0.2) is 9.50 Å². The molecule has 1 unspecified atom stereocenters. The summed E-state index contributed by atoms with van der Waals surface area (Å²) in [6, 6.07) is 12.3. The van der Waals surface area contributed by atoms with Crippen molar-refractivity contribution in [3.05, 3.63) is 78.3 Å². The molecule has 4 aromatic rings. The zero-order chi connectivity index (χ0) is 19.6. The van der Waals surface area contributed by atoms with Gasteiger partial charge in [0.2, 0.25) is 0 Å². The number of fused-ring (bicyclic) bond motifs is 1. The van der Waals surface area contributed by atoms with E-state index in [1.165, 1.54) is 18.5 Å². The fraction of sp³-hybridized carbons (Fsp3) is 0.304. The van der Waals surface area contributed by atoms with Crippen LogP contribution in [0.2, 0.25) is 0 Å². The summed E-state index contributed by atoms with van der Waals surface area (Å²) >= 11 is 0. The van der Waals surface area contributed by atoms with E-state index in [1.807, 2.05) is 43.0 Å². The number of piperidine rings is 1. The summed E-state index contributed by atoms with van der Waals surface area (Å²) in [7, 11) is 0. The Hall–Kier alpha value is -3.12. The van der Waals surface area contributed by atoms with E-state index in [-0.39, 0.29) is 0 Å². The van der Waals surface area contributed by atoms with Crippen molar-refractivity contribution < 1.29 is 0 Å². The topological polar surface area (TPSA) is 59.2 Å². The second-order valence-corrected chi connectivity index (χ2v) is 7.70. The van der Waals surface area contributed by atoms with Gasteiger partial charge in [0.15, 0.2) is 5.65 Å². The van der Waals surface area contributed by atoms with Gasteiger partial charge in [-0.05, 0) is 62.2 Å². The zero-order valence-electron chi connectivity index (χ0n) is 16.6. The van der Waals surface area contributed by atoms with Crippen molar-refractivity contribution in [1.29, 1.82) is 0 Å². The van der Waals surface area contributed by atoms with Crippen LogP contribution in [0.5, 0.6) is 0 Å². The average Bonchev–Trinajstić information content (AvgIpc) is 3.11. The molecule has 0 N–H and O–H groups in total. The zero-order valence-corrected chi connectivity index (χ0v) is 16.6. The van der Waals surface area contributed by atoms with Crippen molar-refractivity contribution in [2.24, 2.45) is 0 Å². The fourth-order valence-corrected chi connectivity index (χ4v) is 4.40. The van der Waals surface area contributed by atoms with Gasteiger partial charge in [0, 0.05) is 49.4 Å². The normalized spacial score (nSPS) is 17.6. The van der Waals surface area contributed by atoms with Crippen LogP contribution in [0.25, 0.3) is 16.8 Å². The van der Waals surface area contributed by atoms with Gasteiger partial charge in [-0.2, -0.15) is 5.10 Å². The molecule has 0 spiro atoms. The van der Waals surface area contributed by atoms with Gasteiger partial charge in [0.05, 0.1) is 17.1 Å². The first-order valence-corrected chi connectivity index (χ1v) is 10.2. The molecular weight excluding hydrogens is 360 g/mol. The van der Waals surface area contributed by atoms with Crippen LogP contribution in [-0.4, -0.2) is 42.6 Å². The summed E-state index contributed by atoms with van der Waals surface area (Å²) in [5.41, 5.74) is 6.49. The SMILES string of the molecule is Cc1nn2c(C3CCCN(Cc4ccccn4)C3)ccnc2c1-c1ccncc1. The van der Waals surface area contributed by atoms with Crippen LogP contribution >= 0.6 is 0 Å². The van der Waals surface area contributed by atoms with Crippen molar-refractivity contribution in [1.82, 2.24) is 29.5 Å². The van der Waals surface area contributed by atoms with E-state index in [1.54, 1.807) is 0 Å². The molecule has 1 saturated heterocycles. The Morgan fingerprint density at radius 2 is 1.90 bits per heavy atom. The van der Waals surface area contributed by atoms with Gasteiger partial charge in [-0.1, -0.05) is 6.07 Å². The van der Waals surface area contributed by atoms with Gasteiger partial charge in [-0.15, -0.1) is 0 Å². The molecule has 1 aliphatic heterocycles. The minimum absolute atomic E-state index is 0.433. The maximum atomic E-state index is 4.88. The Morgan fingerprint density at radius 3 is 2.72 bits per heavy atom. The summed E-state index contributed by atoms with van der Waals surface area (Å²) in [6.07, 6.45) is 9.78. The lowest BCUT2D eigenvalue weighted by Gasteiger charge is -2.32. The smallest absolute Gasteiger partial charge is 0.163 e. The second-order valence-electron chi connectivity index (χ2n) is 7.70. The highest BCUT2D eigenvalue weighted by Crippen LogP contribution is 2.31. The van der Waals surface area contributed by atoms with Gasteiger partial charge in [0.25, 0.3) is 0 Å². The lowest BCUT2D eigenvalue weighted by Crippen LogP contribution is -2.34. The maximum absolute atomic E-state index is 4.88. The van der Waals surface area contributed by atoms with Crippen molar-refractivity contribution in [2.45, 2.75) is 32.2 Å². The summed E-state index contributed by atoms with van der Waals surface area (Å²) in [4.78, 5) is 15.8. The molecule has 6 heteroatoms. The molecule has 0 aromatic carbocycles. The maximum Gasteiger partial charge on any atom is 0.163 e. The van der Waals surface area contributed by atoms with E-state index in [0.717, 1.165) is 47.8 Å². The Labute approximate surface area is 170 Å². The van der Waals surface area contributed by atoms with Gasteiger partial charge < -0.3 is 0 Å². The monoisotopic (exact) mass is 384 g/mol. The van der Waals surface area contributed by atoms with E-state index in [0.29, 0.717) is 5.92 Å². The summed E-state index contributed by atoms with van der Waals surface area (Å²) < 4.78 is 2.06. The van der Waals surface area contributed by atoms with Crippen molar-refractivity contribution in [3.8, 4) is 11.1 Å². The minimum Gasteiger partial charge on any atom is -0.297 e. The van der Waals surface area contributed by atoms with E-state index in [4.69, 9.17) is 5.10 Å². The first-order chi connectivity index (χ1) is 14.3. The van der Waals surface area contributed by atoms with Gasteiger partial charge in [0.1, 0.15) is 0 Å². The minimum atomic E-state index is 0.433. The van der Waals surface area contributed by atoms with Crippen LogP contribution in [-0.2, 0) is 6.54 Å². The fourth-order valence-electron chi connectivity index (χ4n) is 4.40. The number of pyridine rings is 2. The summed E-state index contributed by atoms with van der Waals surface area (Å²) in [5.74, 6) is 0.433. The molecule has 5 rings (SSSR count). The number of hydrogen-bond donors (Lipinski definition) is 0. The van der Waals surface area contributed by atoms with Crippen LogP contribution in [0.3, 0.4) is 0 Å². The summed E-state index contributed by atoms with van der Waals surface area (Å²) in [6.45, 7) is 5.08. The molecule has 1 fully saturated rings. The van der Waals surface area contributed by atoms with Crippen LogP contribution in [0.4, 0.5) is 0 Å². The highest BCUT2D eigenvalue weighted by molar-refractivity contribution is 5.79. The molecule has 146 valence electrons. The van der Waals surface area contributed by atoms with Crippen LogP contribution < -0.4 is 0 Å². The highest BCUT2D eigenvalue weighted by Gasteiger charge is 2.25. The third kappa shape index (κ3) is 3.51. The highest BCUT2D eigenvalue weighted by atomic mass is 15.3. The number of hydrogen-bond acceptors (Lipinski definition) is 5. The first-order valence-electron chi connectivity index (χ1n) is 10.2. The average molecular weight is 384 g/mol. The largest absolute Gasteiger partial charge is 0.297 e. The number of rotatable bonds is 4. The van der Waals surface area contributed by atoms with Crippen molar-refractivity contribution in [3.63, 3.8) is 0 Å². The molecule has 29 heavy (non-hydrogen) atoms. The quantitative estimate of drug-likeness (QED) is 0.534. The van der Waals surface area contributed by atoms with E-state index in [2.05, 4.69) is 49.5 Å². The molecule has 5 heterocycles. The molecule has 6 nitrogen and oxygen atoms in total. The lowest BCUT2D eigenvalue weighted by molar-refractivity contribution is 0.195. The molecule has 0 saturated carbocycles. The van der Waals surface area contributed by atoms with Crippen LogP contribution in [0.15, 0.2) is 61.2 Å². The number of aromatic nitrogens is 5. The van der Waals surface area contributed by atoms with E-state index >= 15 is 0 Å². The van der Waals surface area contributed by atoms with Crippen LogP contribution in [0, 0.1) is 6.92 Å². The molecule has 0 amide bonds. The van der Waals surface area contributed by atoms with E-state index in [9.17, 15) is 0 Å². The Bertz CT molecular complexity index is 1110. The standard InChI is InChI=1S/C23H24N6/c1-17-22(18-7-11-24-12-8-18)23-26-13-9-21(29(23)27-17)19-5-4-14-28(15-19)16-20-6-2-3-10-25-20/h2-3,6-13,19H,4-5,14-16H2,1H3. The Balaban J connectivity index is 1.47. The molecule has 0 aliphatic carbocycles. The lowest BCUT2D eigenvalue weighted by atomic mass is 9.94. The third-order valence-corrected chi connectivity index (χ3v) is 5.73. The molecular formula is C23H24N6. The molecule has 0 radical (unpaired) electrons. The molecule has 1 atom stereocenters. The second kappa shape index (κ2) is 7.72. The first kappa shape index (κ1) is 17.9. The number of likely N-dealkylation sites (tertiary alicyclic amines) is 1. The Morgan fingerprint density at radius 1 is 1.00 bits per heavy atom. The summed E-state index contributed by atoms with van der Waals surface area (Å²) in [5, 5.41) is 4.88. The third-order valence-electron chi connectivity index (χ3n) is 5.73. The van der Waals surface area contributed by atoms with Crippen molar-refractivity contribution in [2.75, 3.05) is 13.1 Å². The van der Waals surface area contributed by atoms with E-state index < -0.39 is 0 Å². The molecule has 4 aromatic heterocycles. The van der Waals surface area contributed by atoms with Gasteiger partial charge in [-0.3, -0.25) is 14.9 Å².